The lowest BCUT2D eigenvalue weighted by Crippen LogP contribution is -2.61. The second-order valence-corrected chi connectivity index (χ2v) is 19.2. The quantitative estimate of drug-likeness (QED) is 0.342. The second kappa shape index (κ2) is 11.1. The maximum atomic E-state index is 11.9. The predicted molar refractivity (Wildman–Crippen MR) is 169 cm³/mol. The van der Waals surface area contributed by atoms with Crippen LogP contribution in [0.25, 0.3) is 0 Å². The van der Waals surface area contributed by atoms with Gasteiger partial charge in [0.05, 0.1) is 11.5 Å². The topological polar surface area (TPSA) is 49.4 Å². The Labute approximate surface area is 248 Å². The minimum atomic E-state index is -2.82. The molecule has 4 saturated carbocycles. The van der Waals surface area contributed by atoms with Crippen molar-refractivity contribution in [1.29, 1.82) is 0 Å². The molecule has 0 amide bonds. The van der Waals surface area contributed by atoms with E-state index in [1.54, 1.807) is 0 Å². The molecule has 0 aromatic carbocycles. The Morgan fingerprint density at radius 2 is 1.57 bits per heavy atom. The average Bonchev–Trinajstić information content (AvgIpc) is 3.25. The fourth-order valence-electron chi connectivity index (χ4n) is 12.3. The fourth-order valence-corrected chi connectivity index (χ4v) is 13.6. The monoisotopic (exact) mass is 576 g/mol. The van der Waals surface area contributed by atoms with Crippen molar-refractivity contribution < 1.29 is 8.42 Å². The number of nitrogens with one attached hydrogen (secondary N) is 1. The van der Waals surface area contributed by atoms with Gasteiger partial charge in [-0.1, -0.05) is 61.8 Å². The molecule has 9 atom stereocenters. The van der Waals surface area contributed by atoms with Crippen LogP contribution in [0.4, 0.5) is 0 Å². The summed E-state index contributed by atoms with van der Waals surface area (Å²) in [7, 11) is -2.82. The maximum absolute atomic E-state index is 11.9. The molecule has 1 aliphatic heterocycles. The largest absolute Gasteiger partial charge is 0.310 e. The van der Waals surface area contributed by atoms with E-state index in [0.717, 1.165) is 54.5 Å². The van der Waals surface area contributed by atoms with Gasteiger partial charge in [-0.15, -0.1) is 0 Å². The molecule has 5 rings (SSSR count). The van der Waals surface area contributed by atoms with Gasteiger partial charge in [-0.3, -0.25) is 0 Å². The first-order chi connectivity index (χ1) is 18.7. The van der Waals surface area contributed by atoms with Crippen molar-refractivity contribution in [2.75, 3.05) is 37.7 Å². The van der Waals surface area contributed by atoms with Gasteiger partial charge < -0.3 is 10.2 Å². The molecule has 5 aliphatic rings. The Kier molecular flexibility index (Phi) is 8.68. The minimum absolute atomic E-state index is 0.229. The van der Waals surface area contributed by atoms with Gasteiger partial charge in [0.15, 0.2) is 9.84 Å². The molecule has 1 heterocycles. The Morgan fingerprint density at radius 3 is 2.23 bits per heavy atom. The molecule has 5 fully saturated rings. The van der Waals surface area contributed by atoms with Crippen molar-refractivity contribution in [3.8, 4) is 0 Å². The van der Waals surface area contributed by atoms with Gasteiger partial charge in [-0.05, 0) is 115 Å². The van der Waals surface area contributed by atoms with Crippen molar-refractivity contribution in [3.63, 3.8) is 0 Å². The summed E-state index contributed by atoms with van der Waals surface area (Å²) in [5, 5.41) is 4.22. The summed E-state index contributed by atoms with van der Waals surface area (Å²) in [6.45, 7) is 24.1. The normalized spacial score (nSPS) is 47.1. The van der Waals surface area contributed by atoms with Gasteiger partial charge in [-0.25, -0.2) is 8.42 Å². The number of fused-ring (bicyclic) bond motifs is 3. The van der Waals surface area contributed by atoms with Gasteiger partial charge in [-0.2, -0.15) is 0 Å². The molecule has 0 spiro atoms. The van der Waals surface area contributed by atoms with Crippen LogP contribution in [0.3, 0.4) is 0 Å². The van der Waals surface area contributed by atoms with E-state index in [4.69, 9.17) is 0 Å². The third-order valence-electron chi connectivity index (χ3n) is 14.6. The first-order valence-corrected chi connectivity index (χ1v) is 19.2. The summed E-state index contributed by atoms with van der Waals surface area (Å²) >= 11 is 0. The van der Waals surface area contributed by atoms with E-state index in [9.17, 15) is 8.42 Å². The van der Waals surface area contributed by atoms with Gasteiger partial charge >= 0.3 is 0 Å². The zero-order valence-electron chi connectivity index (χ0n) is 27.5. The van der Waals surface area contributed by atoms with E-state index >= 15 is 0 Å². The van der Waals surface area contributed by atoms with E-state index in [0.29, 0.717) is 40.8 Å². The Hall–Kier alpha value is -0.130. The Morgan fingerprint density at radius 1 is 0.875 bits per heavy atom. The van der Waals surface area contributed by atoms with Gasteiger partial charge in [0.25, 0.3) is 0 Å². The fraction of sp³-hybridized carbons (Fsp3) is 1.00. The molecular weight excluding hydrogens is 512 g/mol. The molecule has 0 aromatic heterocycles. The molecule has 4 nitrogen and oxygen atoms in total. The molecule has 0 aromatic rings. The van der Waals surface area contributed by atoms with Crippen LogP contribution in [-0.4, -0.2) is 56.5 Å². The lowest BCUT2D eigenvalue weighted by atomic mass is 9.38. The SMILES string of the molecule is CCC1(NCCN2CCS(=O)(=O)CC2)CCC(C(C)C)C1C1CCC2C(C)(CCC3C(C)(C)CCCC32C)C1C. The molecule has 5 heteroatoms. The highest BCUT2D eigenvalue weighted by molar-refractivity contribution is 7.91. The van der Waals surface area contributed by atoms with Crippen LogP contribution in [0.15, 0.2) is 0 Å². The summed E-state index contributed by atoms with van der Waals surface area (Å²) in [6, 6.07) is 0. The van der Waals surface area contributed by atoms with Crippen LogP contribution >= 0.6 is 0 Å². The molecule has 1 N–H and O–H groups in total. The van der Waals surface area contributed by atoms with Crippen LogP contribution < -0.4 is 5.32 Å². The third-order valence-corrected chi connectivity index (χ3v) is 16.2. The van der Waals surface area contributed by atoms with Gasteiger partial charge in [0, 0.05) is 31.7 Å². The van der Waals surface area contributed by atoms with E-state index in [1.165, 1.54) is 64.2 Å². The lowest BCUT2D eigenvalue weighted by Gasteiger charge is -2.67. The smallest absolute Gasteiger partial charge is 0.152 e. The standard InChI is InChI=1S/C35H64N2O2S/c1-9-35(36-19-20-37-21-23-40(38,39)24-22-37)18-13-27(25(2)3)31(35)28-11-12-30-33(7,26(28)4)17-14-29-32(5,6)15-10-16-34(29,30)8/h25-31,36H,9-24H2,1-8H3. The maximum Gasteiger partial charge on any atom is 0.152 e. The van der Waals surface area contributed by atoms with Crippen molar-refractivity contribution in [2.24, 2.45) is 57.7 Å². The number of hydrogen-bond acceptors (Lipinski definition) is 4. The van der Waals surface area contributed by atoms with Gasteiger partial charge in [0.1, 0.15) is 0 Å². The number of sulfone groups is 1. The van der Waals surface area contributed by atoms with Gasteiger partial charge in [0.2, 0.25) is 0 Å². The van der Waals surface area contributed by atoms with Crippen molar-refractivity contribution in [2.45, 2.75) is 125 Å². The number of hydrogen-bond donors (Lipinski definition) is 1. The summed E-state index contributed by atoms with van der Waals surface area (Å²) < 4.78 is 23.9. The lowest BCUT2D eigenvalue weighted by molar-refractivity contribution is -0.180. The Bertz CT molecular complexity index is 995. The van der Waals surface area contributed by atoms with Crippen LogP contribution in [0.5, 0.6) is 0 Å². The van der Waals surface area contributed by atoms with Crippen LogP contribution in [0.2, 0.25) is 0 Å². The first-order valence-electron chi connectivity index (χ1n) is 17.4. The summed E-state index contributed by atoms with van der Waals surface area (Å²) in [6.07, 6.45) is 13.9. The van der Waals surface area contributed by atoms with Crippen LogP contribution in [0.1, 0.15) is 120 Å². The van der Waals surface area contributed by atoms with E-state index in [2.05, 4.69) is 65.6 Å². The minimum Gasteiger partial charge on any atom is -0.310 e. The Balaban J connectivity index is 1.36. The molecular formula is C35H64N2O2S. The molecule has 9 unspecified atom stereocenters. The second-order valence-electron chi connectivity index (χ2n) is 16.9. The molecule has 232 valence electrons. The first kappa shape index (κ1) is 31.3. The summed E-state index contributed by atoms with van der Waals surface area (Å²) in [4.78, 5) is 2.38. The van der Waals surface area contributed by atoms with Crippen molar-refractivity contribution >= 4 is 9.84 Å². The highest BCUT2D eigenvalue weighted by atomic mass is 32.2. The molecule has 4 aliphatic carbocycles. The van der Waals surface area contributed by atoms with Crippen molar-refractivity contribution in [3.05, 3.63) is 0 Å². The van der Waals surface area contributed by atoms with Crippen LogP contribution in [0, 0.1) is 57.7 Å². The van der Waals surface area contributed by atoms with E-state index < -0.39 is 9.84 Å². The zero-order chi connectivity index (χ0) is 29.1. The third kappa shape index (κ3) is 5.27. The van der Waals surface area contributed by atoms with Crippen molar-refractivity contribution in [1.82, 2.24) is 10.2 Å². The molecule has 40 heavy (non-hydrogen) atoms. The van der Waals surface area contributed by atoms with E-state index in [1.807, 2.05) is 0 Å². The van der Waals surface area contributed by atoms with Crippen LogP contribution in [-0.2, 0) is 9.84 Å². The average molecular weight is 577 g/mol. The highest BCUT2D eigenvalue weighted by Gasteiger charge is 2.63. The summed E-state index contributed by atoms with van der Waals surface area (Å²) in [5.74, 6) is 6.31. The van der Waals surface area contributed by atoms with E-state index in [-0.39, 0.29) is 5.54 Å². The zero-order valence-corrected chi connectivity index (χ0v) is 28.3. The predicted octanol–water partition coefficient (Wildman–Crippen LogP) is 7.43. The number of nitrogens with zero attached hydrogens (tertiary/aromatic N) is 1. The highest BCUT2D eigenvalue weighted by Crippen LogP contribution is 2.70. The molecule has 1 saturated heterocycles. The molecule has 0 bridgehead atoms. The molecule has 0 radical (unpaired) electrons. The number of rotatable bonds is 7. The summed E-state index contributed by atoms with van der Waals surface area (Å²) in [5.41, 5.74) is 1.71.